The summed E-state index contributed by atoms with van der Waals surface area (Å²) in [6.45, 7) is 1.67. The van der Waals surface area contributed by atoms with E-state index in [0.29, 0.717) is 6.42 Å². The monoisotopic (exact) mass is 161 g/mol. The fourth-order valence-corrected chi connectivity index (χ4v) is 1.31. The average molecular weight is 161 g/mol. The first-order chi connectivity index (χ1) is 5.15. The van der Waals surface area contributed by atoms with E-state index < -0.39 is 6.10 Å². The van der Waals surface area contributed by atoms with Crippen molar-refractivity contribution < 1.29 is 14.6 Å². The van der Waals surface area contributed by atoms with Crippen molar-refractivity contribution in [1.82, 2.24) is 0 Å². The molecular formula is C7H15NO3. The summed E-state index contributed by atoms with van der Waals surface area (Å²) in [6.07, 6.45) is -0.388. The zero-order valence-electron chi connectivity index (χ0n) is 6.86. The fraction of sp³-hybridized carbons (Fsp3) is 1.00. The van der Waals surface area contributed by atoms with Crippen molar-refractivity contribution in [1.29, 1.82) is 0 Å². The quantitative estimate of drug-likeness (QED) is 0.570. The normalized spacial score (nSPS) is 40.9. The van der Waals surface area contributed by atoms with Crippen molar-refractivity contribution in [3.63, 3.8) is 0 Å². The highest BCUT2D eigenvalue weighted by Gasteiger charge is 2.35. The highest BCUT2D eigenvalue weighted by atomic mass is 16.7. The molecule has 0 aromatic rings. The number of hydrogen-bond donors (Lipinski definition) is 2. The van der Waals surface area contributed by atoms with E-state index in [2.05, 4.69) is 0 Å². The lowest BCUT2D eigenvalue weighted by molar-refractivity contribution is -0.136. The van der Waals surface area contributed by atoms with Crippen LogP contribution in [0.3, 0.4) is 0 Å². The molecule has 0 unspecified atom stereocenters. The van der Waals surface area contributed by atoms with Crippen LogP contribution in [0.15, 0.2) is 0 Å². The summed E-state index contributed by atoms with van der Waals surface area (Å²) in [4.78, 5) is 0. The Bertz CT molecular complexity index is 129. The number of rotatable bonds is 2. The molecule has 0 amide bonds. The van der Waals surface area contributed by atoms with Crippen molar-refractivity contribution in [3.8, 4) is 0 Å². The Kier molecular flexibility index (Phi) is 2.84. The van der Waals surface area contributed by atoms with Gasteiger partial charge in [0.05, 0.1) is 6.10 Å². The van der Waals surface area contributed by atoms with Crippen molar-refractivity contribution in [2.75, 3.05) is 7.11 Å². The Balaban J connectivity index is 2.45. The molecule has 11 heavy (non-hydrogen) atoms. The second-order valence-corrected chi connectivity index (χ2v) is 2.91. The molecular weight excluding hydrogens is 146 g/mol. The Morgan fingerprint density at radius 1 is 1.73 bits per heavy atom. The molecule has 4 atom stereocenters. The van der Waals surface area contributed by atoms with Gasteiger partial charge in [0.1, 0.15) is 6.10 Å². The molecule has 4 nitrogen and oxygen atoms in total. The van der Waals surface area contributed by atoms with Gasteiger partial charge in [-0.2, -0.15) is 0 Å². The predicted molar refractivity (Wildman–Crippen MR) is 39.9 cm³/mol. The summed E-state index contributed by atoms with van der Waals surface area (Å²) in [5.41, 5.74) is 5.68. The molecule has 3 N–H and O–H groups in total. The van der Waals surface area contributed by atoms with Gasteiger partial charge in [-0.3, -0.25) is 0 Å². The largest absolute Gasteiger partial charge is 0.391 e. The molecule has 0 saturated carbocycles. The van der Waals surface area contributed by atoms with Gasteiger partial charge < -0.3 is 20.3 Å². The SMILES string of the molecule is CO[C@H]1C[C@@H](N)[C@H]([C@@H](C)O)O1. The smallest absolute Gasteiger partial charge is 0.159 e. The van der Waals surface area contributed by atoms with E-state index in [0.717, 1.165) is 0 Å². The minimum atomic E-state index is -0.523. The number of aliphatic hydroxyl groups excluding tert-OH is 1. The van der Waals surface area contributed by atoms with Crippen molar-refractivity contribution in [2.24, 2.45) is 5.73 Å². The summed E-state index contributed by atoms with van der Waals surface area (Å²) in [6, 6.07) is -0.111. The van der Waals surface area contributed by atoms with E-state index in [-0.39, 0.29) is 18.4 Å². The van der Waals surface area contributed by atoms with Gasteiger partial charge in [-0.15, -0.1) is 0 Å². The highest BCUT2D eigenvalue weighted by Crippen LogP contribution is 2.21. The van der Waals surface area contributed by atoms with Crippen LogP contribution in [-0.2, 0) is 9.47 Å². The lowest BCUT2D eigenvalue weighted by Crippen LogP contribution is -2.38. The van der Waals surface area contributed by atoms with Gasteiger partial charge in [0.2, 0.25) is 0 Å². The molecule has 0 aromatic carbocycles. The van der Waals surface area contributed by atoms with Crippen LogP contribution in [0.4, 0.5) is 0 Å². The van der Waals surface area contributed by atoms with Crippen LogP contribution < -0.4 is 5.73 Å². The standard InChI is InChI=1S/C7H15NO3/c1-4(9)7-5(8)3-6(10-2)11-7/h4-7,9H,3,8H2,1-2H3/t4-,5-,6-,7+/m1/s1. The Morgan fingerprint density at radius 2 is 2.36 bits per heavy atom. The van der Waals surface area contributed by atoms with Crippen LogP contribution in [-0.4, -0.2) is 36.8 Å². The molecule has 1 aliphatic rings. The Morgan fingerprint density at radius 3 is 2.64 bits per heavy atom. The highest BCUT2D eigenvalue weighted by molar-refractivity contribution is 4.84. The van der Waals surface area contributed by atoms with Crippen LogP contribution in [0.1, 0.15) is 13.3 Å². The molecule has 1 aliphatic heterocycles. The van der Waals surface area contributed by atoms with E-state index in [1.54, 1.807) is 14.0 Å². The van der Waals surface area contributed by atoms with Crippen molar-refractivity contribution in [3.05, 3.63) is 0 Å². The van der Waals surface area contributed by atoms with Crippen LogP contribution >= 0.6 is 0 Å². The first kappa shape index (κ1) is 8.93. The molecule has 1 fully saturated rings. The molecule has 1 rings (SSSR count). The molecule has 1 heterocycles. The molecule has 0 spiro atoms. The molecule has 4 heteroatoms. The number of aliphatic hydroxyl groups is 1. The zero-order valence-corrected chi connectivity index (χ0v) is 6.86. The van der Waals surface area contributed by atoms with Gasteiger partial charge in [0, 0.05) is 19.6 Å². The minimum Gasteiger partial charge on any atom is -0.391 e. The van der Waals surface area contributed by atoms with E-state index in [1.807, 2.05) is 0 Å². The topological polar surface area (TPSA) is 64.7 Å². The molecule has 66 valence electrons. The van der Waals surface area contributed by atoms with Gasteiger partial charge >= 0.3 is 0 Å². The van der Waals surface area contributed by atoms with E-state index in [4.69, 9.17) is 15.2 Å². The summed E-state index contributed by atoms with van der Waals surface area (Å²) in [5.74, 6) is 0. The van der Waals surface area contributed by atoms with Crippen LogP contribution in [0.5, 0.6) is 0 Å². The lowest BCUT2D eigenvalue weighted by Gasteiger charge is -2.17. The minimum absolute atomic E-state index is 0.111. The molecule has 0 bridgehead atoms. The summed E-state index contributed by atoms with van der Waals surface area (Å²) >= 11 is 0. The fourth-order valence-electron chi connectivity index (χ4n) is 1.31. The average Bonchev–Trinajstić information content (AvgIpc) is 2.30. The first-order valence-electron chi connectivity index (χ1n) is 3.77. The third-order valence-corrected chi connectivity index (χ3v) is 1.93. The van der Waals surface area contributed by atoms with Gasteiger partial charge in [0.25, 0.3) is 0 Å². The van der Waals surface area contributed by atoms with Gasteiger partial charge in [0.15, 0.2) is 6.29 Å². The lowest BCUT2D eigenvalue weighted by atomic mass is 10.1. The van der Waals surface area contributed by atoms with Gasteiger partial charge in [-0.25, -0.2) is 0 Å². The second kappa shape index (κ2) is 3.49. The Hall–Kier alpha value is -0.160. The maximum atomic E-state index is 9.18. The zero-order chi connectivity index (χ0) is 8.43. The van der Waals surface area contributed by atoms with E-state index >= 15 is 0 Å². The third-order valence-electron chi connectivity index (χ3n) is 1.93. The van der Waals surface area contributed by atoms with Gasteiger partial charge in [-0.1, -0.05) is 0 Å². The third kappa shape index (κ3) is 1.90. The number of nitrogens with two attached hydrogens (primary N) is 1. The van der Waals surface area contributed by atoms with Gasteiger partial charge in [-0.05, 0) is 6.92 Å². The first-order valence-corrected chi connectivity index (χ1v) is 3.77. The van der Waals surface area contributed by atoms with E-state index in [1.165, 1.54) is 0 Å². The molecule has 0 aromatic heterocycles. The maximum Gasteiger partial charge on any atom is 0.159 e. The van der Waals surface area contributed by atoms with Crippen LogP contribution in [0, 0.1) is 0 Å². The van der Waals surface area contributed by atoms with E-state index in [9.17, 15) is 5.11 Å². The summed E-state index contributed by atoms with van der Waals surface area (Å²) < 4.78 is 10.2. The number of methoxy groups -OCH3 is 1. The molecule has 0 radical (unpaired) electrons. The van der Waals surface area contributed by atoms with Crippen LogP contribution in [0.25, 0.3) is 0 Å². The number of ether oxygens (including phenoxy) is 2. The molecule has 0 aliphatic carbocycles. The number of hydrogen-bond acceptors (Lipinski definition) is 4. The van der Waals surface area contributed by atoms with Crippen molar-refractivity contribution in [2.45, 2.75) is 37.9 Å². The second-order valence-electron chi connectivity index (χ2n) is 2.91. The summed E-state index contributed by atoms with van der Waals surface area (Å²) in [7, 11) is 1.57. The Labute approximate surface area is 66.3 Å². The maximum absolute atomic E-state index is 9.18. The van der Waals surface area contributed by atoms with Crippen molar-refractivity contribution >= 4 is 0 Å². The predicted octanol–water partition coefficient (Wildman–Crippen LogP) is -0.544. The van der Waals surface area contributed by atoms with Crippen LogP contribution in [0.2, 0.25) is 0 Å². The summed E-state index contributed by atoms with van der Waals surface area (Å²) in [5, 5.41) is 9.18. The molecule has 1 saturated heterocycles.